The predicted molar refractivity (Wildman–Crippen MR) is 84.2 cm³/mol. The van der Waals surface area contributed by atoms with Crippen LogP contribution in [0.15, 0.2) is 36.4 Å². The Bertz CT molecular complexity index is 656. The molecule has 0 aliphatic rings. The predicted octanol–water partition coefficient (Wildman–Crippen LogP) is 4.86. The van der Waals surface area contributed by atoms with Crippen LogP contribution in [0.25, 0.3) is 10.2 Å². The maximum Gasteiger partial charge on any atom is 0.108 e. The molecule has 1 aromatic carbocycles. The van der Waals surface area contributed by atoms with Crippen LogP contribution in [0.2, 0.25) is 4.34 Å². The minimum Gasteiger partial charge on any atom is -0.303 e. The van der Waals surface area contributed by atoms with Crippen LogP contribution in [0.5, 0.6) is 0 Å². The van der Waals surface area contributed by atoms with Crippen molar-refractivity contribution in [2.75, 3.05) is 0 Å². The summed E-state index contributed by atoms with van der Waals surface area (Å²) in [6.45, 7) is 2.94. The number of aromatic nitrogens is 1. The largest absolute Gasteiger partial charge is 0.303 e. The average Bonchev–Trinajstić information content (AvgIpc) is 3.01. The summed E-state index contributed by atoms with van der Waals surface area (Å²) in [5.41, 5.74) is 1.08. The molecule has 19 heavy (non-hydrogen) atoms. The van der Waals surface area contributed by atoms with Gasteiger partial charge in [-0.2, -0.15) is 0 Å². The highest BCUT2D eigenvalue weighted by Gasteiger charge is 2.09. The molecule has 5 heteroatoms. The van der Waals surface area contributed by atoms with E-state index in [4.69, 9.17) is 11.6 Å². The van der Waals surface area contributed by atoms with Crippen molar-refractivity contribution in [1.82, 2.24) is 10.3 Å². The van der Waals surface area contributed by atoms with Gasteiger partial charge in [0.1, 0.15) is 5.01 Å². The zero-order chi connectivity index (χ0) is 13.2. The van der Waals surface area contributed by atoms with Crippen molar-refractivity contribution in [3.63, 3.8) is 0 Å². The smallest absolute Gasteiger partial charge is 0.108 e. The first-order valence-corrected chi connectivity index (χ1v) is 8.06. The van der Waals surface area contributed by atoms with Crippen molar-refractivity contribution in [1.29, 1.82) is 0 Å². The molecule has 0 aliphatic carbocycles. The molecule has 0 bridgehead atoms. The topological polar surface area (TPSA) is 24.9 Å². The number of thiazole rings is 1. The number of fused-ring (bicyclic) bond motifs is 1. The molecule has 0 spiro atoms. The second kappa shape index (κ2) is 5.59. The van der Waals surface area contributed by atoms with Gasteiger partial charge in [-0.1, -0.05) is 23.7 Å². The molecule has 1 N–H and O–H groups in total. The molecule has 3 rings (SSSR count). The number of thiophene rings is 1. The van der Waals surface area contributed by atoms with E-state index < -0.39 is 0 Å². The van der Waals surface area contributed by atoms with Gasteiger partial charge < -0.3 is 5.32 Å². The van der Waals surface area contributed by atoms with Gasteiger partial charge in [-0.05, 0) is 31.2 Å². The van der Waals surface area contributed by atoms with Crippen molar-refractivity contribution in [3.05, 3.63) is 50.6 Å². The summed E-state index contributed by atoms with van der Waals surface area (Å²) in [5.74, 6) is 0. The van der Waals surface area contributed by atoms with E-state index in [0.29, 0.717) is 6.04 Å². The normalized spacial score (nSPS) is 12.9. The second-order valence-electron chi connectivity index (χ2n) is 4.32. The number of nitrogens with zero attached hydrogens (tertiary/aromatic N) is 1. The Morgan fingerprint density at radius 3 is 2.79 bits per heavy atom. The fraction of sp³-hybridized carbons (Fsp3) is 0.214. The molecule has 1 atom stereocenters. The van der Waals surface area contributed by atoms with E-state index >= 15 is 0 Å². The molecular formula is C14H13ClN2S2. The average molecular weight is 309 g/mol. The minimum atomic E-state index is 0.296. The number of hydrogen-bond donors (Lipinski definition) is 1. The maximum atomic E-state index is 5.96. The summed E-state index contributed by atoms with van der Waals surface area (Å²) in [5, 5.41) is 4.61. The van der Waals surface area contributed by atoms with Crippen molar-refractivity contribution in [3.8, 4) is 0 Å². The highest BCUT2D eigenvalue weighted by atomic mass is 35.5. The molecule has 0 aliphatic heterocycles. The summed E-state index contributed by atoms with van der Waals surface area (Å²) in [4.78, 5) is 5.87. The molecule has 2 nitrogen and oxygen atoms in total. The van der Waals surface area contributed by atoms with Gasteiger partial charge in [0.25, 0.3) is 0 Å². The third-order valence-electron chi connectivity index (χ3n) is 2.92. The monoisotopic (exact) mass is 308 g/mol. The summed E-state index contributed by atoms with van der Waals surface area (Å²) in [7, 11) is 0. The van der Waals surface area contributed by atoms with Gasteiger partial charge in [-0.25, -0.2) is 4.98 Å². The summed E-state index contributed by atoms with van der Waals surface area (Å²) >= 11 is 9.32. The quantitative estimate of drug-likeness (QED) is 0.744. The molecule has 3 aromatic rings. The number of rotatable bonds is 4. The van der Waals surface area contributed by atoms with E-state index in [1.165, 1.54) is 9.58 Å². The molecule has 0 saturated heterocycles. The van der Waals surface area contributed by atoms with E-state index in [9.17, 15) is 0 Å². The van der Waals surface area contributed by atoms with Crippen molar-refractivity contribution in [2.24, 2.45) is 0 Å². The lowest BCUT2D eigenvalue weighted by molar-refractivity contribution is 0.582. The van der Waals surface area contributed by atoms with Crippen LogP contribution in [0.4, 0.5) is 0 Å². The van der Waals surface area contributed by atoms with E-state index in [1.807, 2.05) is 18.2 Å². The molecule has 0 saturated carbocycles. The fourth-order valence-corrected chi connectivity index (χ4v) is 3.90. The molecule has 0 amide bonds. The van der Waals surface area contributed by atoms with Crippen LogP contribution in [0, 0.1) is 0 Å². The SMILES string of the molecule is CC(NCc1nc2ccccc2s1)c1ccc(Cl)s1. The van der Waals surface area contributed by atoms with Gasteiger partial charge >= 0.3 is 0 Å². The van der Waals surface area contributed by atoms with Crippen LogP contribution in [0.3, 0.4) is 0 Å². The number of benzene rings is 1. The molecule has 2 aromatic heterocycles. The van der Waals surface area contributed by atoms with Crippen LogP contribution in [-0.4, -0.2) is 4.98 Å². The summed E-state index contributed by atoms with van der Waals surface area (Å²) < 4.78 is 2.08. The maximum absolute atomic E-state index is 5.96. The van der Waals surface area contributed by atoms with Gasteiger partial charge in [-0.3, -0.25) is 0 Å². The van der Waals surface area contributed by atoms with Gasteiger partial charge in [0.2, 0.25) is 0 Å². The standard InChI is InChI=1S/C14H13ClN2S2/c1-9(11-6-7-13(15)18-11)16-8-14-17-10-4-2-3-5-12(10)19-14/h2-7,9,16H,8H2,1H3. The van der Waals surface area contributed by atoms with Crippen molar-refractivity contribution >= 4 is 44.5 Å². The first kappa shape index (κ1) is 13.1. The van der Waals surface area contributed by atoms with E-state index in [0.717, 1.165) is 21.4 Å². The lowest BCUT2D eigenvalue weighted by atomic mass is 10.3. The molecule has 2 heterocycles. The molecule has 0 fully saturated rings. The Balaban J connectivity index is 1.68. The Labute approximate surface area is 125 Å². The van der Waals surface area contributed by atoms with Crippen LogP contribution in [-0.2, 0) is 6.54 Å². The molecule has 98 valence electrons. The zero-order valence-electron chi connectivity index (χ0n) is 10.4. The minimum absolute atomic E-state index is 0.296. The first-order valence-electron chi connectivity index (χ1n) is 6.05. The second-order valence-corrected chi connectivity index (χ2v) is 7.18. The highest BCUT2D eigenvalue weighted by molar-refractivity contribution is 7.18. The Kier molecular flexibility index (Phi) is 3.84. The molecular weight excluding hydrogens is 296 g/mol. The Morgan fingerprint density at radius 1 is 1.21 bits per heavy atom. The number of hydrogen-bond acceptors (Lipinski definition) is 4. The first-order chi connectivity index (χ1) is 9.22. The third-order valence-corrected chi connectivity index (χ3v) is 5.37. The summed E-state index contributed by atoms with van der Waals surface area (Å²) in [6, 6.07) is 12.5. The lowest BCUT2D eigenvalue weighted by Crippen LogP contribution is -2.16. The highest BCUT2D eigenvalue weighted by Crippen LogP contribution is 2.27. The zero-order valence-corrected chi connectivity index (χ0v) is 12.8. The van der Waals surface area contributed by atoms with Crippen molar-refractivity contribution in [2.45, 2.75) is 19.5 Å². The Morgan fingerprint density at radius 2 is 2.05 bits per heavy atom. The third kappa shape index (κ3) is 2.98. The van der Waals surface area contributed by atoms with E-state index in [1.54, 1.807) is 22.7 Å². The van der Waals surface area contributed by atoms with E-state index in [-0.39, 0.29) is 0 Å². The molecule has 1 unspecified atom stereocenters. The molecule has 0 radical (unpaired) electrons. The van der Waals surface area contributed by atoms with Crippen LogP contribution < -0.4 is 5.32 Å². The number of halogens is 1. The van der Waals surface area contributed by atoms with Gasteiger partial charge in [-0.15, -0.1) is 22.7 Å². The summed E-state index contributed by atoms with van der Waals surface area (Å²) in [6.07, 6.45) is 0. The van der Waals surface area contributed by atoms with Crippen molar-refractivity contribution < 1.29 is 0 Å². The van der Waals surface area contributed by atoms with Crippen LogP contribution >= 0.6 is 34.3 Å². The van der Waals surface area contributed by atoms with Gasteiger partial charge in [0.05, 0.1) is 14.6 Å². The van der Waals surface area contributed by atoms with Crippen LogP contribution in [0.1, 0.15) is 22.9 Å². The van der Waals surface area contributed by atoms with Gasteiger partial charge in [0.15, 0.2) is 0 Å². The Hall–Kier alpha value is -0.940. The number of para-hydroxylation sites is 1. The van der Waals surface area contributed by atoms with E-state index in [2.05, 4.69) is 35.4 Å². The fourth-order valence-electron chi connectivity index (χ4n) is 1.90. The van der Waals surface area contributed by atoms with Gasteiger partial charge in [0, 0.05) is 17.5 Å². The number of nitrogens with one attached hydrogen (secondary N) is 1. The lowest BCUT2D eigenvalue weighted by Gasteiger charge is -2.10.